The maximum atomic E-state index is 9.76. The molecule has 4 nitrogen and oxygen atoms in total. The van der Waals surface area contributed by atoms with Gasteiger partial charge in [-0.2, -0.15) is 4.33 Å². The van der Waals surface area contributed by atoms with Crippen LogP contribution in [0.15, 0.2) is 87.5 Å². The molecule has 5 rings (SSSR count). The van der Waals surface area contributed by atoms with Gasteiger partial charge in [-0.1, -0.05) is 73.4 Å². The Balaban J connectivity index is 0.000000220. The van der Waals surface area contributed by atoms with Crippen LogP contribution >= 0.6 is 12.2 Å². The van der Waals surface area contributed by atoms with Crippen molar-refractivity contribution in [3.05, 3.63) is 89.5 Å². The van der Waals surface area contributed by atoms with E-state index in [1.165, 1.54) is 69.9 Å². The predicted molar refractivity (Wildman–Crippen MR) is 154 cm³/mol. The smallest absolute Gasteiger partial charge is 0.166 e. The molecule has 3 aromatic rings. The molecule has 2 aliphatic rings. The Morgan fingerprint density at radius 2 is 1.14 bits per heavy atom. The zero-order valence-corrected chi connectivity index (χ0v) is 23.2. The fourth-order valence-electron chi connectivity index (χ4n) is 5.15. The van der Waals surface area contributed by atoms with Crippen molar-refractivity contribution in [1.82, 2.24) is 4.31 Å². The fraction of sp³-hybridized carbons (Fsp3) is 0.419. The highest BCUT2D eigenvalue weighted by Gasteiger charge is 2.34. The van der Waals surface area contributed by atoms with Gasteiger partial charge >= 0.3 is 0 Å². The summed E-state index contributed by atoms with van der Waals surface area (Å²) >= 11 is 1.08. The molecule has 2 fully saturated rings. The Morgan fingerprint density at radius 3 is 1.59 bits per heavy atom. The molecular weight excluding hydrogens is 498 g/mol. The molecule has 200 valence electrons. The van der Waals surface area contributed by atoms with E-state index in [-0.39, 0.29) is 18.3 Å². The molecule has 0 amide bonds. The monoisotopic (exact) mass is 539 g/mol. The van der Waals surface area contributed by atoms with Gasteiger partial charge in [-0.05, 0) is 88.8 Å². The Morgan fingerprint density at radius 1 is 0.703 bits per heavy atom. The van der Waals surface area contributed by atoms with E-state index in [4.69, 9.17) is 0 Å². The van der Waals surface area contributed by atoms with Gasteiger partial charge in [0.15, 0.2) is 14.7 Å². The van der Waals surface area contributed by atoms with Crippen LogP contribution in [0.2, 0.25) is 0 Å². The van der Waals surface area contributed by atoms with Crippen molar-refractivity contribution in [3.8, 4) is 0 Å². The van der Waals surface area contributed by atoms with Gasteiger partial charge in [0.1, 0.15) is 12.2 Å². The maximum absolute atomic E-state index is 9.76. The molecule has 0 spiro atoms. The van der Waals surface area contributed by atoms with E-state index in [0.717, 1.165) is 24.7 Å². The van der Waals surface area contributed by atoms with E-state index in [2.05, 4.69) is 107 Å². The lowest BCUT2D eigenvalue weighted by molar-refractivity contribution is -0.777. The molecule has 0 N–H and O–H groups in total. The summed E-state index contributed by atoms with van der Waals surface area (Å²) in [6.45, 7) is 7.42. The molecule has 0 bridgehead atoms. The largest absolute Gasteiger partial charge is 0.691 e. The third kappa shape index (κ3) is 8.34. The van der Waals surface area contributed by atoms with Crippen LogP contribution in [0.1, 0.15) is 62.6 Å². The lowest BCUT2D eigenvalue weighted by atomic mass is 9.79. The Kier molecular flexibility index (Phi) is 12.0. The van der Waals surface area contributed by atoms with Crippen molar-refractivity contribution in [2.24, 2.45) is 5.92 Å². The maximum Gasteiger partial charge on any atom is 0.166 e. The number of hydrogen-bond acceptors (Lipinski definition) is 5. The zero-order valence-electron chi connectivity index (χ0n) is 21.5. The first-order valence-corrected chi connectivity index (χ1v) is 14.8. The van der Waals surface area contributed by atoms with Gasteiger partial charge < -0.3 is 5.26 Å². The minimum atomic E-state index is -0.0394. The second-order valence-electron chi connectivity index (χ2n) is 9.85. The summed E-state index contributed by atoms with van der Waals surface area (Å²) in [5.41, 5.74) is 3.92. The third-order valence-corrected chi connectivity index (χ3v) is 10.1. The van der Waals surface area contributed by atoms with E-state index in [0.29, 0.717) is 6.04 Å². The van der Waals surface area contributed by atoms with E-state index in [1.807, 2.05) is 0 Å². The van der Waals surface area contributed by atoms with Crippen LogP contribution in [0, 0.1) is 26.7 Å². The van der Waals surface area contributed by atoms with E-state index >= 15 is 0 Å². The first-order chi connectivity index (χ1) is 17.5. The second-order valence-corrected chi connectivity index (χ2v) is 12.6. The van der Waals surface area contributed by atoms with Crippen LogP contribution in [0.25, 0.3) is 0 Å². The van der Waals surface area contributed by atoms with Gasteiger partial charge in [0.25, 0.3) is 0 Å². The number of nitrogens with zero attached hydrogens (tertiary/aromatic N) is 1. The molecule has 6 heteroatoms. The lowest BCUT2D eigenvalue weighted by Gasteiger charge is -2.42. The van der Waals surface area contributed by atoms with Crippen LogP contribution in [-0.4, -0.2) is 16.9 Å². The lowest BCUT2D eigenvalue weighted by Crippen LogP contribution is -2.43. The molecule has 1 aliphatic carbocycles. The fourth-order valence-corrected chi connectivity index (χ4v) is 7.89. The van der Waals surface area contributed by atoms with Crippen molar-refractivity contribution >= 4 is 23.1 Å². The summed E-state index contributed by atoms with van der Waals surface area (Å²) in [6.07, 6.45) is 7.77. The van der Waals surface area contributed by atoms with Crippen LogP contribution in [-0.2, 0) is 20.3 Å². The SMILES string of the molecule is C.Cc1ccc([S+](c2ccc(C)cc2)c2ccc(C)cc2)cc1.[O-]OOSN1CCCC2CCCCC21. The molecule has 1 heterocycles. The molecule has 0 radical (unpaired) electrons. The molecule has 2 unspecified atom stereocenters. The quantitative estimate of drug-likeness (QED) is 0.105. The van der Waals surface area contributed by atoms with Crippen LogP contribution < -0.4 is 5.26 Å². The van der Waals surface area contributed by atoms with Crippen molar-refractivity contribution in [3.63, 3.8) is 0 Å². The van der Waals surface area contributed by atoms with Gasteiger partial charge in [0, 0.05) is 12.6 Å². The molecule has 1 aliphatic heterocycles. The Labute approximate surface area is 230 Å². The average Bonchev–Trinajstić information content (AvgIpc) is 2.91. The molecule has 37 heavy (non-hydrogen) atoms. The normalized spacial score (nSPS) is 19.4. The molecule has 3 aromatic carbocycles. The average molecular weight is 540 g/mol. The first kappa shape index (κ1) is 29.8. The van der Waals surface area contributed by atoms with Crippen LogP contribution in [0.3, 0.4) is 0 Å². The highest BCUT2D eigenvalue weighted by Crippen LogP contribution is 2.38. The van der Waals surface area contributed by atoms with Crippen molar-refractivity contribution in [2.75, 3.05) is 6.54 Å². The standard InChI is InChI=1S/C21H21S.C9H17NO3S.CH4/c1-16-4-10-19(11-5-16)22(20-12-6-17(2)7-13-20)21-14-8-18(3)9-15-21;11-12-13-14-10-7-3-5-8-4-1-2-6-9(8)10;/h4-15H,1-3H3;8-9,11H,1-7H2;1H4/q+1;;/p-1. The van der Waals surface area contributed by atoms with Crippen molar-refractivity contribution in [2.45, 2.75) is 87.5 Å². The van der Waals surface area contributed by atoms with E-state index < -0.39 is 0 Å². The number of benzene rings is 3. The summed E-state index contributed by atoms with van der Waals surface area (Å²) in [5, 5.41) is 13.2. The minimum absolute atomic E-state index is 0. The third-order valence-electron chi connectivity index (χ3n) is 7.12. The number of fused-ring (bicyclic) bond motifs is 1. The first-order valence-electron chi connectivity index (χ1n) is 12.9. The van der Waals surface area contributed by atoms with Crippen LogP contribution in [0.5, 0.6) is 0 Å². The molecule has 2 atom stereocenters. The number of hydrogen-bond donors (Lipinski definition) is 0. The molecule has 0 aromatic heterocycles. The summed E-state index contributed by atoms with van der Waals surface area (Å²) in [6, 6.07) is 27.4. The number of aryl methyl sites for hydroxylation is 3. The van der Waals surface area contributed by atoms with Gasteiger partial charge in [-0.15, -0.1) is 0 Å². The highest BCUT2D eigenvalue weighted by molar-refractivity contribution is 7.97. The highest BCUT2D eigenvalue weighted by atomic mass is 32.2. The van der Waals surface area contributed by atoms with Crippen LogP contribution in [0.4, 0.5) is 0 Å². The Bertz CT molecular complexity index is 947. The van der Waals surface area contributed by atoms with Gasteiger partial charge in [0.05, 0.1) is 10.9 Å². The summed E-state index contributed by atoms with van der Waals surface area (Å²) in [7, 11) is -0.0394. The van der Waals surface area contributed by atoms with Gasteiger partial charge in [0.2, 0.25) is 0 Å². The zero-order chi connectivity index (χ0) is 25.3. The summed E-state index contributed by atoms with van der Waals surface area (Å²) in [4.78, 5) is 4.12. The van der Waals surface area contributed by atoms with Crippen molar-refractivity contribution < 1.29 is 14.6 Å². The Hall–Kier alpha value is -1.80. The predicted octanol–water partition coefficient (Wildman–Crippen LogP) is 7.77. The van der Waals surface area contributed by atoms with Crippen molar-refractivity contribution in [1.29, 1.82) is 0 Å². The van der Waals surface area contributed by atoms with Gasteiger partial charge in [-0.25, -0.2) is 4.31 Å². The number of piperidine rings is 1. The second kappa shape index (κ2) is 15.0. The van der Waals surface area contributed by atoms with E-state index in [1.54, 1.807) is 0 Å². The topological polar surface area (TPSA) is 44.8 Å². The van der Waals surface area contributed by atoms with Gasteiger partial charge in [-0.3, -0.25) is 5.04 Å². The summed E-state index contributed by atoms with van der Waals surface area (Å²) in [5.74, 6) is 0.806. The molecule has 1 saturated heterocycles. The molecular formula is C31H41NO3S2. The number of rotatable bonds is 6. The molecule has 1 saturated carbocycles. The summed E-state index contributed by atoms with van der Waals surface area (Å²) < 4.78 is 6.58. The minimum Gasteiger partial charge on any atom is -0.691 e. The van der Waals surface area contributed by atoms with E-state index in [9.17, 15) is 5.26 Å².